The average molecular weight is 509 g/mol. The third-order valence-corrected chi connectivity index (χ3v) is 6.74. The summed E-state index contributed by atoms with van der Waals surface area (Å²) in [6.07, 6.45) is 4.38. The largest absolute Gasteiger partial charge is 0.482 e. The number of hydrogen-bond acceptors (Lipinski definition) is 3. The van der Waals surface area contributed by atoms with E-state index in [0.29, 0.717) is 22.8 Å². The molecule has 4 rings (SSSR count). The van der Waals surface area contributed by atoms with Crippen LogP contribution in [0.25, 0.3) is 0 Å². The number of hydrogen-bond donors (Lipinski definition) is 1. The van der Waals surface area contributed by atoms with Crippen molar-refractivity contribution in [2.75, 3.05) is 6.61 Å². The first-order valence-corrected chi connectivity index (χ1v) is 12.6. The van der Waals surface area contributed by atoms with Gasteiger partial charge in [-0.2, -0.15) is 0 Å². The minimum atomic E-state index is -0.764. The van der Waals surface area contributed by atoms with Gasteiger partial charge in [0.2, 0.25) is 5.91 Å². The maximum absolute atomic E-state index is 13.6. The molecule has 7 heteroatoms. The van der Waals surface area contributed by atoms with Crippen LogP contribution in [-0.4, -0.2) is 35.4 Å². The van der Waals surface area contributed by atoms with Crippen LogP contribution in [0.5, 0.6) is 5.75 Å². The maximum atomic E-state index is 13.6. The molecule has 2 amide bonds. The second kappa shape index (κ2) is 12.5. The summed E-state index contributed by atoms with van der Waals surface area (Å²) in [7, 11) is 0. The lowest BCUT2D eigenvalue weighted by Gasteiger charge is -2.32. The standard InChI is InChI=1S/C29H30ClFN2O3/c30-25-12-6-7-13-27(25)36-20-28(34)33(19-22-14-16-23(31)17-15-22)26(18-21-8-2-1-3-9-21)29(35)32-24-10-4-5-11-24/h1-3,6-9,12-17,24,26H,4-5,10-11,18-20H2,(H,32,35)/t26-/m1/s1. The Hall–Kier alpha value is -3.38. The van der Waals surface area contributed by atoms with Gasteiger partial charge in [0.15, 0.2) is 6.61 Å². The van der Waals surface area contributed by atoms with Crippen LogP contribution in [0, 0.1) is 5.82 Å². The Morgan fingerprint density at radius 3 is 2.31 bits per heavy atom. The molecule has 0 aliphatic heterocycles. The first kappa shape index (κ1) is 25.7. The van der Waals surface area contributed by atoms with Crippen LogP contribution in [0.4, 0.5) is 4.39 Å². The third-order valence-electron chi connectivity index (χ3n) is 6.43. The summed E-state index contributed by atoms with van der Waals surface area (Å²) < 4.78 is 19.3. The van der Waals surface area contributed by atoms with Gasteiger partial charge in [0.25, 0.3) is 5.91 Å². The van der Waals surface area contributed by atoms with E-state index >= 15 is 0 Å². The van der Waals surface area contributed by atoms with Crippen molar-refractivity contribution in [2.24, 2.45) is 0 Å². The summed E-state index contributed by atoms with van der Waals surface area (Å²) in [5.41, 5.74) is 1.65. The minimum Gasteiger partial charge on any atom is -0.482 e. The quantitative estimate of drug-likeness (QED) is 0.390. The molecular weight excluding hydrogens is 479 g/mol. The second-order valence-electron chi connectivity index (χ2n) is 9.06. The normalized spacial score (nSPS) is 14.3. The van der Waals surface area contributed by atoms with Crippen molar-refractivity contribution in [1.82, 2.24) is 10.2 Å². The van der Waals surface area contributed by atoms with Crippen molar-refractivity contribution >= 4 is 23.4 Å². The fourth-order valence-electron chi connectivity index (χ4n) is 4.49. The van der Waals surface area contributed by atoms with E-state index in [-0.39, 0.29) is 36.8 Å². The molecule has 1 N–H and O–H groups in total. The molecule has 0 saturated heterocycles. The summed E-state index contributed by atoms with van der Waals surface area (Å²) in [6.45, 7) is -0.145. The van der Waals surface area contributed by atoms with Crippen LogP contribution in [0.1, 0.15) is 36.8 Å². The second-order valence-corrected chi connectivity index (χ2v) is 9.47. The van der Waals surface area contributed by atoms with Gasteiger partial charge >= 0.3 is 0 Å². The molecule has 0 spiro atoms. The topological polar surface area (TPSA) is 58.6 Å². The van der Waals surface area contributed by atoms with E-state index in [0.717, 1.165) is 31.2 Å². The van der Waals surface area contributed by atoms with Gasteiger partial charge in [0, 0.05) is 19.0 Å². The van der Waals surface area contributed by atoms with Crippen molar-refractivity contribution in [1.29, 1.82) is 0 Å². The van der Waals surface area contributed by atoms with E-state index in [2.05, 4.69) is 5.32 Å². The van der Waals surface area contributed by atoms with Crippen molar-refractivity contribution < 1.29 is 18.7 Å². The molecule has 1 saturated carbocycles. The van der Waals surface area contributed by atoms with Crippen LogP contribution in [0.3, 0.4) is 0 Å². The molecule has 0 heterocycles. The molecule has 1 aliphatic rings. The number of carbonyl (C=O) groups excluding carboxylic acids is 2. The molecule has 3 aromatic carbocycles. The Morgan fingerprint density at radius 1 is 0.944 bits per heavy atom. The smallest absolute Gasteiger partial charge is 0.261 e. The summed E-state index contributed by atoms with van der Waals surface area (Å²) >= 11 is 6.20. The monoisotopic (exact) mass is 508 g/mol. The molecule has 188 valence electrons. The Bertz CT molecular complexity index is 1150. The van der Waals surface area contributed by atoms with Crippen LogP contribution in [0.15, 0.2) is 78.9 Å². The molecule has 0 unspecified atom stereocenters. The molecule has 5 nitrogen and oxygen atoms in total. The zero-order valence-corrected chi connectivity index (χ0v) is 20.8. The SMILES string of the molecule is O=C(NC1CCCC1)[C@@H](Cc1ccccc1)N(Cc1ccc(F)cc1)C(=O)COc1ccccc1Cl. The van der Waals surface area contributed by atoms with Gasteiger partial charge in [-0.25, -0.2) is 4.39 Å². The molecule has 0 aromatic heterocycles. The molecular formula is C29H30ClFN2O3. The lowest BCUT2D eigenvalue weighted by molar-refractivity contribution is -0.143. The first-order valence-electron chi connectivity index (χ1n) is 12.2. The van der Waals surface area contributed by atoms with Gasteiger partial charge in [0.1, 0.15) is 17.6 Å². The van der Waals surface area contributed by atoms with Gasteiger partial charge in [-0.15, -0.1) is 0 Å². The highest BCUT2D eigenvalue weighted by Crippen LogP contribution is 2.24. The lowest BCUT2D eigenvalue weighted by atomic mass is 10.0. The van der Waals surface area contributed by atoms with E-state index < -0.39 is 6.04 Å². The number of nitrogens with one attached hydrogen (secondary N) is 1. The fourth-order valence-corrected chi connectivity index (χ4v) is 4.68. The summed E-state index contributed by atoms with van der Waals surface area (Å²) in [4.78, 5) is 28.7. The minimum absolute atomic E-state index is 0.109. The Kier molecular flexibility index (Phi) is 8.95. The maximum Gasteiger partial charge on any atom is 0.261 e. The van der Waals surface area contributed by atoms with Crippen LogP contribution < -0.4 is 10.1 Å². The predicted octanol–water partition coefficient (Wildman–Crippen LogP) is 5.56. The number of halogens is 2. The van der Waals surface area contributed by atoms with Crippen molar-refractivity contribution in [2.45, 2.75) is 50.7 Å². The highest BCUT2D eigenvalue weighted by molar-refractivity contribution is 6.32. The number of amides is 2. The zero-order chi connectivity index (χ0) is 25.3. The number of carbonyl (C=O) groups is 2. The molecule has 3 aromatic rings. The summed E-state index contributed by atoms with van der Waals surface area (Å²) in [6, 6.07) is 21.8. The van der Waals surface area contributed by atoms with E-state index in [1.165, 1.54) is 17.0 Å². The number of ether oxygens (including phenoxy) is 1. The van der Waals surface area contributed by atoms with Crippen LogP contribution >= 0.6 is 11.6 Å². The van der Waals surface area contributed by atoms with Gasteiger partial charge in [-0.3, -0.25) is 9.59 Å². The first-order chi connectivity index (χ1) is 17.5. The summed E-state index contributed by atoms with van der Waals surface area (Å²) in [5, 5.41) is 3.56. The van der Waals surface area contributed by atoms with Crippen molar-refractivity contribution in [3.8, 4) is 5.75 Å². The molecule has 36 heavy (non-hydrogen) atoms. The van der Waals surface area contributed by atoms with Crippen LogP contribution in [0.2, 0.25) is 5.02 Å². The number of para-hydroxylation sites is 1. The number of rotatable bonds is 10. The van der Waals surface area contributed by atoms with Crippen molar-refractivity contribution in [3.63, 3.8) is 0 Å². The number of nitrogens with zero attached hydrogens (tertiary/aromatic N) is 1. The fraction of sp³-hybridized carbons (Fsp3) is 0.310. The molecule has 1 fully saturated rings. The lowest BCUT2D eigenvalue weighted by Crippen LogP contribution is -2.53. The Labute approximate surface area is 216 Å². The van der Waals surface area contributed by atoms with E-state index in [1.54, 1.807) is 36.4 Å². The van der Waals surface area contributed by atoms with Crippen molar-refractivity contribution in [3.05, 3.63) is 101 Å². The molecule has 1 aliphatic carbocycles. The van der Waals surface area contributed by atoms with Gasteiger partial charge < -0.3 is 15.0 Å². The van der Waals surface area contributed by atoms with E-state index in [9.17, 15) is 14.0 Å². The van der Waals surface area contributed by atoms with Gasteiger partial charge in [0.05, 0.1) is 5.02 Å². The number of benzene rings is 3. The Balaban J connectivity index is 1.61. The van der Waals surface area contributed by atoms with E-state index in [4.69, 9.17) is 16.3 Å². The average Bonchev–Trinajstić information content (AvgIpc) is 3.40. The van der Waals surface area contributed by atoms with Gasteiger partial charge in [-0.1, -0.05) is 79.0 Å². The van der Waals surface area contributed by atoms with Gasteiger partial charge in [-0.05, 0) is 48.2 Å². The van der Waals surface area contributed by atoms with Crippen LogP contribution in [-0.2, 0) is 22.6 Å². The Morgan fingerprint density at radius 2 is 1.61 bits per heavy atom. The molecule has 1 atom stereocenters. The zero-order valence-electron chi connectivity index (χ0n) is 20.0. The highest BCUT2D eigenvalue weighted by atomic mass is 35.5. The molecule has 0 radical (unpaired) electrons. The highest BCUT2D eigenvalue weighted by Gasteiger charge is 2.32. The third kappa shape index (κ3) is 7.08. The van der Waals surface area contributed by atoms with E-state index in [1.807, 2.05) is 30.3 Å². The predicted molar refractivity (Wildman–Crippen MR) is 138 cm³/mol. The summed E-state index contributed by atoms with van der Waals surface area (Å²) in [5.74, 6) is -0.525. The molecule has 0 bridgehead atoms.